The van der Waals surface area contributed by atoms with Gasteiger partial charge in [0.15, 0.2) is 9.84 Å². The molecule has 2 atom stereocenters. The molecule has 0 aliphatic carbocycles. The quantitative estimate of drug-likeness (QED) is 0.531. The molecule has 2 aliphatic heterocycles. The summed E-state index contributed by atoms with van der Waals surface area (Å²) < 4.78 is 31.1. The van der Waals surface area contributed by atoms with Crippen molar-refractivity contribution < 1.29 is 18.3 Å². The van der Waals surface area contributed by atoms with Gasteiger partial charge in [-0.05, 0) is 58.7 Å². The fourth-order valence-electron chi connectivity index (χ4n) is 4.45. The van der Waals surface area contributed by atoms with Gasteiger partial charge in [0.05, 0.1) is 18.5 Å². The fourth-order valence-corrected chi connectivity index (χ4v) is 6.56. The predicted octanol–water partition coefficient (Wildman–Crippen LogP) is 4.86. The van der Waals surface area contributed by atoms with Crippen molar-refractivity contribution in [3.8, 4) is 5.75 Å². The molecule has 1 saturated heterocycles. The van der Waals surface area contributed by atoms with Crippen molar-refractivity contribution in [2.75, 3.05) is 12.4 Å². The molecule has 0 spiro atoms. The maximum Gasteiger partial charge on any atom is 0.163 e. The van der Waals surface area contributed by atoms with Gasteiger partial charge in [-0.1, -0.05) is 62.4 Å². The van der Waals surface area contributed by atoms with Gasteiger partial charge in [-0.2, -0.15) is 0 Å². The van der Waals surface area contributed by atoms with E-state index < -0.39 is 15.1 Å². The van der Waals surface area contributed by atoms with E-state index in [1.54, 1.807) is 12.1 Å². The zero-order valence-electron chi connectivity index (χ0n) is 17.4. The Hall–Kier alpha value is -2.37. The molecule has 158 valence electrons. The summed E-state index contributed by atoms with van der Waals surface area (Å²) in [4.78, 5) is 0. The van der Waals surface area contributed by atoms with Crippen LogP contribution < -0.4 is 0 Å². The van der Waals surface area contributed by atoms with E-state index in [-0.39, 0.29) is 30.1 Å². The third kappa shape index (κ3) is 4.23. The van der Waals surface area contributed by atoms with E-state index >= 15 is 0 Å². The highest BCUT2D eigenvalue weighted by atomic mass is 32.2. The average Bonchev–Trinajstić information content (AvgIpc) is 3.27. The summed E-state index contributed by atoms with van der Waals surface area (Å²) >= 11 is 0. The fraction of sp³-hybridized carbons (Fsp3) is 0.360. The summed E-state index contributed by atoms with van der Waals surface area (Å²) in [5.41, 5.74) is 5.38. The number of hydrogen-bond acceptors (Lipinski definition) is 4. The summed E-state index contributed by atoms with van der Waals surface area (Å²) in [5, 5.41) is 9.11. The Bertz CT molecular complexity index is 1060. The van der Waals surface area contributed by atoms with Gasteiger partial charge in [0.1, 0.15) is 11.0 Å². The molecular formula is C25H28O4S. The van der Waals surface area contributed by atoms with Crippen molar-refractivity contribution in [3.63, 3.8) is 0 Å². The van der Waals surface area contributed by atoms with Crippen molar-refractivity contribution >= 4 is 21.5 Å². The van der Waals surface area contributed by atoms with Crippen LogP contribution in [-0.2, 0) is 14.6 Å². The largest absolute Gasteiger partial charge is 0.508 e. The maximum atomic E-state index is 12.6. The molecule has 1 N–H and O–H groups in total. The minimum absolute atomic E-state index is 0.142. The molecule has 0 amide bonds. The van der Waals surface area contributed by atoms with Gasteiger partial charge in [0.25, 0.3) is 0 Å². The Morgan fingerprint density at radius 1 is 1.13 bits per heavy atom. The van der Waals surface area contributed by atoms with Crippen LogP contribution in [0.3, 0.4) is 0 Å². The Balaban J connectivity index is 1.60. The van der Waals surface area contributed by atoms with Crippen molar-refractivity contribution in [1.29, 1.82) is 0 Å². The number of benzene rings is 2. The van der Waals surface area contributed by atoms with E-state index in [1.807, 2.05) is 30.3 Å². The van der Waals surface area contributed by atoms with Gasteiger partial charge < -0.3 is 9.84 Å². The molecule has 5 heteroatoms. The van der Waals surface area contributed by atoms with Crippen molar-refractivity contribution in [2.45, 2.75) is 38.0 Å². The van der Waals surface area contributed by atoms with Crippen LogP contribution in [-0.4, -0.2) is 37.2 Å². The smallest absolute Gasteiger partial charge is 0.163 e. The third-order valence-corrected chi connectivity index (χ3v) is 8.03. The van der Waals surface area contributed by atoms with Gasteiger partial charge in [-0.15, -0.1) is 0 Å². The van der Waals surface area contributed by atoms with Crippen LogP contribution in [0.4, 0.5) is 0 Å². The molecule has 1 fully saturated rings. The van der Waals surface area contributed by atoms with E-state index in [1.165, 1.54) is 5.57 Å². The summed E-state index contributed by atoms with van der Waals surface area (Å²) in [6, 6.07) is 17.4. The number of aromatic hydroxyl groups is 1. The highest BCUT2D eigenvalue weighted by Gasteiger charge is 2.47. The molecule has 2 aromatic carbocycles. The highest BCUT2D eigenvalue weighted by molar-refractivity contribution is 7.92. The van der Waals surface area contributed by atoms with E-state index in [0.29, 0.717) is 0 Å². The third-order valence-electron chi connectivity index (χ3n) is 6.05. The summed E-state index contributed by atoms with van der Waals surface area (Å²) in [6.45, 7) is 4.41. The molecule has 2 heterocycles. The van der Waals surface area contributed by atoms with Crippen LogP contribution in [0.5, 0.6) is 5.75 Å². The van der Waals surface area contributed by atoms with Crippen LogP contribution >= 0.6 is 0 Å². The van der Waals surface area contributed by atoms with Gasteiger partial charge >= 0.3 is 0 Å². The Labute approximate surface area is 178 Å². The molecule has 30 heavy (non-hydrogen) atoms. The minimum atomic E-state index is -3.13. The van der Waals surface area contributed by atoms with Crippen LogP contribution in [0, 0.1) is 5.92 Å². The molecule has 0 bridgehead atoms. The first-order valence-corrected chi connectivity index (χ1v) is 12.2. The van der Waals surface area contributed by atoms with Crippen LogP contribution in [0.2, 0.25) is 0 Å². The Morgan fingerprint density at radius 2 is 1.83 bits per heavy atom. The average molecular weight is 425 g/mol. The minimum Gasteiger partial charge on any atom is -0.508 e. The number of phenols is 1. The molecular weight excluding hydrogens is 396 g/mol. The Morgan fingerprint density at radius 3 is 2.50 bits per heavy atom. The number of ether oxygens (including phenoxy) is 1. The molecule has 2 aromatic rings. The topological polar surface area (TPSA) is 63.6 Å². The summed E-state index contributed by atoms with van der Waals surface area (Å²) in [5.74, 6) is 0.638. The molecule has 0 unspecified atom stereocenters. The standard InChI is InChI=1S/C25H28O4S/c1-17(2)22-16-30(27,28)24-15-29-23(25(22)24)13-10-20(19-6-4-3-5-7-19)14-18-8-11-21(26)12-9-18/h3-9,11-12,14,17,23-24,26H,10,13,15-16H2,1-2H3/b20-14-/t23-,24+/m1/s1. The zero-order valence-corrected chi connectivity index (χ0v) is 18.2. The van der Waals surface area contributed by atoms with Crippen LogP contribution in [0.25, 0.3) is 11.6 Å². The van der Waals surface area contributed by atoms with Gasteiger partial charge in [0, 0.05) is 0 Å². The van der Waals surface area contributed by atoms with Crippen LogP contribution in [0.1, 0.15) is 37.8 Å². The SMILES string of the molecule is CC(C)C1=C2[C@@H](CC/C(=C/c3ccc(O)cc3)c3ccccc3)OC[C@@H]2S(=O)(=O)C1. The maximum absolute atomic E-state index is 12.6. The van der Waals surface area contributed by atoms with Gasteiger partial charge in [0.2, 0.25) is 0 Å². The number of sulfone groups is 1. The van der Waals surface area contributed by atoms with E-state index in [9.17, 15) is 13.5 Å². The highest BCUT2D eigenvalue weighted by Crippen LogP contribution is 2.41. The van der Waals surface area contributed by atoms with E-state index in [0.717, 1.165) is 35.1 Å². The zero-order chi connectivity index (χ0) is 21.3. The molecule has 4 nitrogen and oxygen atoms in total. The molecule has 0 radical (unpaired) electrons. The number of phenolic OH excluding ortho intramolecular Hbond substituents is 1. The molecule has 0 aromatic heterocycles. The molecule has 0 saturated carbocycles. The number of rotatable bonds is 6. The molecule has 4 rings (SSSR count). The first-order chi connectivity index (χ1) is 14.3. The van der Waals surface area contributed by atoms with Crippen molar-refractivity contribution in [1.82, 2.24) is 0 Å². The summed E-state index contributed by atoms with van der Waals surface area (Å²) in [7, 11) is -3.13. The lowest BCUT2D eigenvalue weighted by Gasteiger charge is -2.17. The van der Waals surface area contributed by atoms with E-state index in [4.69, 9.17) is 4.74 Å². The van der Waals surface area contributed by atoms with E-state index in [2.05, 4.69) is 32.1 Å². The lowest BCUT2D eigenvalue weighted by atomic mass is 9.90. The monoisotopic (exact) mass is 424 g/mol. The molecule has 2 aliphatic rings. The predicted molar refractivity (Wildman–Crippen MR) is 121 cm³/mol. The second kappa shape index (κ2) is 8.40. The number of fused-ring (bicyclic) bond motifs is 1. The summed E-state index contributed by atoms with van der Waals surface area (Å²) in [6.07, 6.45) is 3.51. The van der Waals surface area contributed by atoms with Gasteiger partial charge in [-0.3, -0.25) is 0 Å². The second-order valence-electron chi connectivity index (χ2n) is 8.42. The lowest BCUT2D eigenvalue weighted by molar-refractivity contribution is 0.118. The lowest BCUT2D eigenvalue weighted by Crippen LogP contribution is -2.19. The number of hydrogen-bond donors (Lipinski definition) is 1. The van der Waals surface area contributed by atoms with Gasteiger partial charge in [-0.25, -0.2) is 8.42 Å². The Kier molecular flexibility index (Phi) is 5.85. The van der Waals surface area contributed by atoms with Crippen molar-refractivity contribution in [3.05, 3.63) is 76.9 Å². The normalized spacial score (nSPS) is 23.2. The van der Waals surface area contributed by atoms with Crippen LogP contribution in [0.15, 0.2) is 65.7 Å². The second-order valence-corrected chi connectivity index (χ2v) is 10.6. The first kappa shape index (κ1) is 20.9. The van der Waals surface area contributed by atoms with Crippen molar-refractivity contribution in [2.24, 2.45) is 5.92 Å². The first-order valence-electron chi connectivity index (χ1n) is 10.5. The number of allylic oxidation sites excluding steroid dienone is 1.